The van der Waals surface area contributed by atoms with Crippen LogP contribution in [0.3, 0.4) is 0 Å². The molecule has 14 heavy (non-hydrogen) atoms. The molecular weight excluding hydrogens is 195 g/mol. The summed E-state index contributed by atoms with van der Waals surface area (Å²) < 4.78 is 0. The van der Waals surface area contributed by atoms with Gasteiger partial charge in [0.1, 0.15) is 0 Å². The number of aliphatic hydroxyl groups excluding tert-OH is 3. The molecule has 0 radical (unpaired) electrons. The smallest absolute Gasteiger partial charge is 0.872 e. The first-order valence-electron chi connectivity index (χ1n) is 3.87. The molecule has 1 aromatic rings. The molecular formula is C9H11NaO4. The number of rotatable bonds is 3. The summed E-state index contributed by atoms with van der Waals surface area (Å²) in [6.07, 6.45) is 0. The molecule has 0 aromatic heterocycles. The molecule has 0 atom stereocenters. The first kappa shape index (κ1) is 13.9. The zero-order valence-corrected chi connectivity index (χ0v) is 10.0. The number of aliphatic hydroxyl groups is 3. The predicted octanol–water partition coefficient (Wildman–Crippen LogP) is -3.76. The average molecular weight is 206 g/mol. The predicted molar refractivity (Wildman–Crippen MR) is 43.7 cm³/mol. The van der Waals surface area contributed by atoms with Gasteiger partial charge >= 0.3 is 29.6 Å². The molecule has 0 amide bonds. The van der Waals surface area contributed by atoms with Gasteiger partial charge in [-0.05, 0) is 16.7 Å². The van der Waals surface area contributed by atoms with Crippen LogP contribution in [-0.2, 0) is 19.8 Å². The Kier molecular flexibility index (Phi) is 6.35. The Hall–Kier alpha value is -0.100. The third-order valence-electron chi connectivity index (χ3n) is 1.97. The molecule has 3 N–H and O–H groups in total. The second kappa shape index (κ2) is 6.40. The SMILES string of the molecule is [Na+].[O-]c1ccc(CO)c(CO)c1CO. The zero-order valence-electron chi connectivity index (χ0n) is 8.03. The fourth-order valence-electron chi connectivity index (χ4n) is 1.24. The Morgan fingerprint density at radius 3 is 1.93 bits per heavy atom. The van der Waals surface area contributed by atoms with Gasteiger partial charge < -0.3 is 20.4 Å². The minimum atomic E-state index is -0.414. The summed E-state index contributed by atoms with van der Waals surface area (Å²) in [7, 11) is 0. The van der Waals surface area contributed by atoms with Gasteiger partial charge in [-0.3, -0.25) is 0 Å². The molecule has 0 saturated heterocycles. The summed E-state index contributed by atoms with van der Waals surface area (Å²) in [4.78, 5) is 0. The first-order valence-corrected chi connectivity index (χ1v) is 3.87. The second-order valence-corrected chi connectivity index (χ2v) is 2.65. The van der Waals surface area contributed by atoms with E-state index in [-0.39, 0.29) is 54.1 Å². The number of hydrogen-bond acceptors (Lipinski definition) is 4. The van der Waals surface area contributed by atoms with E-state index in [0.717, 1.165) is 0 Å². The maximum atomic E-state index is 11.1. The third-order valence-corrected chi connectivity index (χ3v) is 1.97. The number of hydrogen-bond donors (Lipinski definition) is 3. The summed E-state index contributed by atoms with van der Waals surface area (Å²) in [6.45, 7) is -1.01. The molecule has 0 aliphatic carbocycles. The Bertz CT molecular complexity index is 301. The minimum Gasteiger partial charge on any atom is -0.872 e. The van der Waals surface area contributed by atoms with Crippen molar-refractivity contribution >= 4 is 0 Å². The van der Waals surface area contributed by atoms with E-state index in [2.05, 4.69) is 0 Å². The molecule has 1 aromatic carbocycles. The van der Waals surface area contributed by atoms with Crippen LogP contribution in [0.4, 0.5) is 0 Å². The Morgan fingerprint density at radius 1 is 0.929 bits per heavy atom. The molecule has 0 heterocycles. The molecule has 0 unspecified atom stereocenters. The van der Waals surface area contributed by atoms with Crippen molar-refractivity contribution in [1.29, 1.82) is 0 Å². The molecule has 0 saturated carbocycles. The van der Waals surface area contributed by atoms with Gasteiger partial charge in [-0.2, -0.15) is 0 Å². The number of benzene rings is 1. The van der Waals surface area contributed by atoms with Gasteiger partial charge in [0.25, 0.3) is 0 Å². The Labute approximate surface area is 104 Å². The first-order chi connectivity index (χ1) is 6.24. The van der Waals surface area contributed by atoms with Crippen molar-refractivity contribution in [3.05, 3.63) is 28.8 Å². The van der Waals surface area contributed by atoms with E-state index in [1.54, 1.807) is 0 Å². The monoisotopic (exact) mass is 206 g/mol. The fraction of sp³-hybridized carbons (Fsp3) is 0.333. The van der Waals surface area contributed by atoms with Crippen molar-refractivity contribution in [2.45, 2.75) is 19.8 Å². The van der Waals surface area contributed by atoms with Crippen molar-refractivity contribution < 1.29 is 50.0 Å². The molecule has 0 aliphatic rings. The quantitative estimate of drug-likeness (QED) is 0.443. The average Bonchev–Trinajstić information content (AvgIpc) is 2.17. The third kappa shape index (κ3) is 2.70. The summed E-state index contributed by atoms with van der Waals surface area (Å²) in [6, 6.07) is 2.73. The van der Waals surface area contributed by atoms with E-state index in [1.165, 1.54) is 12.1 Å². The topological polar surface area (TPSA) is 83.8 Å². The van der Waals surface area contributed by atoms with Gasteiger partial charge in [0.05, 0.1) is 19.8 Å². The van der Waals surface area contributed by atoms with Crippen LogP contribution in [0.1, 0.15) is 16.7 Å². The maximum Gasteiger partial charge on any atom is 1.00 e. The summed E-state index contributed by atoms with van der Waals surface area (Å²) >= 11 is 0. The van der Waals surface area contributed by atoms with Gasteiger partial charge in [-0.15, -0.1) is 5.75 Å². The zero-order chi connectivity index (χ0) is 9.84. The van der Waals surface area contributed by atoms with E-state index in [9.17, 15) is 5.11 Å². The Morgan fingerprint density at radius 2 is 1.50 bits per heavy atom. The van der Waals surface area contributed by atoms with Crippen LogP contribution in [0.25, 0.3) is 0 Å². The molecule has 4 nitrogen and oxygen atoms in total. The van der Waals surface area contributed by atoms with Gasteiger partial charge in [-0.1, -0.05) is 12.1 Å². The molecule has 0 aliphatic heterocycles. The van der Waals surface area contributed by atoms with Crippen LogP contribution < -0.4 is 34.7 Å². The fourth-order valence-corrected chi connectivity index (χ4v) is 1.24. The molecule has 72 valence electrons. The molecule has 1 rings (SSSR count). The summed E-state index contributed by atoms with van der Waals surface area (Å²) in [5.74, 6) is -0.316. The van der Waals surface area contributed by atoms with E-state index < -0.39 is 6.61 Å². The maximum absolute atomic E-state index is 11.1. The van der Waals surface area contributed by atoms with Gasteiger partial charge in [-0.25, -0.2) is 0 Å². The van der Waals surface area contributed by atoms with E-state index in [0.29, 0.717) is 11.1 Å². The van der Waals surface area contributed by atoms with Crippen LogP contribution in [0, 0.1) is 0 Å². The molecule has 0 bridgehead atoms. The van der Waals surface area contributed by atoms with Crippen molar-refractivity contribution in [2.24, 2.45) is 0 Å². The van der Waals surface area contributed by atoms with Crippen molar-refractivity contribution in [3.8, 4) is 5.75 Å². The molecule has 5 heteroatoms. The van der Waals surface area contributed by atoms with Gasteiger partial charge in [0, 0.05) is 0 Å². The largest absolute Gasteiger partial charge is 1.00 e. The van der Waals surface area contributed by atoms with Crippen molar-refractivity contribution in [2.75, 3.05) is 0 Å². The molecule has 0 fully saturated rings. The Balaban J connectivity index is 0.00000169. The van der Waals surface area contributed by atoms with Crippen LogP contribution in [0.15, 0.2) is 12.1 Å². The second-order valence-electron chi connectivity index (χ2n) is 2.65. The van der Waals surface area contributed by atoms with Gasteiger partial charge in [0.15, 0.2) is 0 Å². The van der Waals surface area contributed by atoms with E-state index in [4.69, 9.17) is 15.3 Å². The van der Waals surface area contributed by atoms with E-state index in [1.807, 2.05) is 0 Å². The van der Waals surface area contributed by atoms with Crippen molar-refractivity contribution in [3.63, 3.8) is 0 Å². The van der Waals surface area contributed by atoms with E-state index >= 15 is 0 Å². The van der Waals surface area contributed by atoms with Crippen LogP contribution >= 0.6 is 0 Å². The standard InChI is InChI=1S/C9H12O4.Na/c10-3-6-1-2-9(13)8(5-12)7(6)4-11;/h1-2,10-13H,3-5H2;/q;+1/p-1. The van der Waals surface area contributed by atoms with Crippen molar-refractivity contribution in [1.82, 2.24) is 0 Å². The van der Waals surface area contributed by atoms with Crippen LogP contribution in [0.2, 0.25) is 0 Å². The molecule has 0 spiro atoms. The normalized spacial score (nSPS) is 9.64. The summed E-state index contributed by atoms with van der Waals surface area (Å²) in [5, 5.41) is 37.8. The minimum absolute atomic E-state index is 0. The summed E-state index contributed by atoms with van der Waals surface area (Å²) in [5.41, 5.74) is 0.970. The van der Waals surface area contributed by atoms with Crippen LogP contribution in [-0.4, -0.2) is 15.3 Å². The van der Waals surface area contributed by atoms with Crippen LogP contribution in [0.5, 0.6) is 5.75 Å². The van der Waals surface area contributed by atoms with Gasteiger partial charge in [0.2, 0.25) is 0 Å².